The fourth-order valence-electron chi connectivity index (χ4n) is 0.795. The van der Waals surface area contributed by atoms with Crippen molar-refractivity contribution in [1.29, 1.82) is 0 Å². The van der Waals surface area contributed by atoms with Crippen LogP contribution in [0.5, 0.6) is 0 Å². The number of hydrogen-bond donors (Lipinski definition) is 1. The van der Waals surface area contributed by atoms with E-state index in [-0.39, 0.29) is 0 Å². The zero-order valence-electron chi connectivity index (χ0n) is 8.96. The van der Waals surface area contributed by atoms with Gasteiger partial charge in [0.05, 0.1) is 0 Å². The van der Waals surface area contributed by atoms with Gasteiger partial charge in [-0.2, -0.15) is 0 Å². The molecule has 0 aromatic carbocycles. The molecule has 0 radical (unpaired) electrons. The van der Waals surface area contributed by atoms with Crippen molar-refractivity contribution in [2.75, 3.05) is 0 Å². The van der Waals surface area contributed by atoms with Crippen LogP contribution in [0.2, 0.25) is 0 Å². The van der Waals surface area contributed by atoms with E-state index in [9.17, 15) is 0 Å². The molecule has 0 saturated carbocycles. The molecule has 0 unspecified atom stereocenters. The molecule has 13 heavy (non-hydrogen) atoms. The van der Waals surface area contributed by atoms with Crippen LogP contribution in [0.4, 0.5) is 0 Å². The minimum absolute atomic E-state index is 1.16. The van der Waals surface area contributed by atoms with E-state index in [0.29, 0.717) is 0 Å². The third kappa shape index (κ3) is 5.97. The third-order valence-electron chi connectivity index (χ3n) is 1.46. The fourth-order valence-corrected chi connectivity index (χ4v) is 0.795. The Morgan fingerprint density at radius 2 is 1.54 bits per heavy atom. The summed E-state index contributed by atoms with van der Waals surface area (Å²) in [6.07, 6.45) is 2.00. The predicted octanol–water partition coefficient (Wildman–Crippen LogP) is 3.78. The maximum Gasteiger partial charge on any atom is 0.0115 e. The number of H-pyrrole nitrogens is 1. The highest BCUT2D eigenvalue weighted by Gasteiger charge is 1.75. The van der Waals surface area contributed by atoms with Crippen molar-refractivity contribution in [3.63, 3.8) is 0 Å². The van der Waals surface area contributed by atoms with E-state index < -0.39 is 0 Å². The first-order valence-electron chi connectivity index (χ1n) is 4.74. The van der Waals surface area contributed by atoms with E-state index in [0.717, 1.165) is 5.69 Å². The zero-order chi connectivity index (χ0) is 10.1. The van der Waals surface area contributed by atoms with Crippen LogP contribution in [0.25, 0.3) is 0 Å². The van der Waals surface area contributed by atoms with E-state index in [1.807, 2.05) is 51.2 Å². The van der Waals surface area contributed by atoms with Crippen LogP contribution >= 0.6 is 0 Å². The first kappa shape index (κ1) is 11.8. The topological polar surface area (TPSA) is 15.8 Å². The second-order valence-corrected chi connectivity index (χ2v) is 2.63. The number of nitrogens with one attached hydrogen (secondary N) is 1. The first-order chi connectivity index (χ1) is 6.29. The maximum absolute atomic E-state index is 3.17. The van der Waals surface area contributed by atoms with Gasteiger partial charge in [0.1, 0.15) is 0 Å². The summed E-state index contributed by atoms with van der Waals surface area (Å²) in [4.78, 5) is 3.17. The Bertz CT molecular complexity index is 245. The first-order valence-corrected chi connectivity index (χ1v) is 4.74. The molecule has 1 rings (SSSR count). The summed E-state index contributed by atoms with van der Waals surface area (Å²) in [7, 11) is 0. The standard InChI is InChI=1S/C10H13N.C2H6/c1-9-6-4-3-5-7-10(2)11-8-9;1-2/h3-8,11H,1-2H3;1-2H3. The fraction of sp³-hybridized carbons (Fsp3) is 0.333. The summed E-state index contributed by atoms with van der Waals surface area (Å²) in [6, 6.07) is 10.2. The molecule has 1 aromatic heterocycles. The SMILES string of the molecule is CC.Cc1cccccc(C)[nH]c1. The van der Waals surface area contributed by atoms with Crippen LogP contribution in [-0.4, -0.2) is 4.98 Å². The Morgan fingerprint density at radius 1 is 0.923 bits per heavy atom. The van der Waals surface area contributed by atoms with Gasteiger partial charge in [0.25, 0.3) is 0 Å². The second-order valence-electron chi connectivity index (χ2n) is 2.63. The van der Waals surface area contributed by atoms with Crippen molar-refractivity contribution in [3.8, 4) is 0 Å². The monoisotopic (exact) mass is 177 g/mol. The summed E-state index contributed by atoms with van der Waals surface area (Å²) >= 11 is 0. The lowest BCUT2D eigenvalue weighted by molar-refractivity contribution is 1.20. The van der Waals surface area contributed by atoms with Crippen molar-refractivity contribution < 1.29 is 0 Å². The summed E-state index contributed by atoms with van der Waals surface area (Å²) in [5.74, 6) is 0. The van der Waals surface area contributed by atoms with Crippen LogP contribution in [0.15, 0.2) is 36.5 Å². The Morgan fingerprint density at radius 3 is 2.23 bits per heavy atom. The van der Waals surface area contributed by atoms with Crippen LogP contribution in [0, 0.1) is 13.8 Å². The van der Waals surface area contributed by atoms with E-state index in [2.05, 4.69) is 18.0 Å². The van der Waals surface area contributed by atoms with Crippen molar-refractivity contribution in [3.05, 3.63) is 47.8 Å². The van der Waals surface area contributed by atoms with Gasteiger partial charge >= 0.3 is 0 Å². The quantitative estimate of drug-likeness (QED) is 0.620. The molecule has 0 atom stereocenters. The molecule has 1 nitrogen and oxygen atoms in total. The summed E-state index contributed by atoms with van der Waals surface area (Å²) < 4.78 is 0. The Hall–Kier alpha value is -1.24. The van der Waals surface area contributed by atoms with Gasteiger partial charge in [-0.05, 0) is 25.5 Å². The van der Waals surface area contributed by atoms with E-state index in [1.165, 1.54) is 5.56 Å². The minimum Gasteiger partial charge on any atom is -0.365 e. The smallest absolute Gasteiger partial charge is 0.0115 e. The molecule has 1 aromatic rings. The van der Waals surface area contributed by atoms with Crippen molar-refractivity contribution in [2.45, 2.75) is 27.7 Å². The molecular weight excluding hydrogens is 158 g/mol. The molecule has 0 saturated heterocycles. The van der Waals surface area contributed by atoms with Gasteiger partial charge in [-0.15, -0.1) is 0 Å². The van der Waals surface area contributed by atoms with Gasteiger partial charge < -0.3 is 4.98 Å². The van der Waals surface area contributed by atoms with Gasteiger partial charge in [-0.25, -0.2) is 0 Å². The maximum atomic E-state index is 3.17. The lowest BCUT2D eigenvalue weighted by Gasteiger charge is -1.84. The van der Waals surface area contributed by atoms with Crippen LogP contribution < -0.4 is 0 Å². The Balaban J connectivity index is 0.000000671. The molecule has 0 aliphatic carbocycles. The number of rotatable bonds is 0. The Kier molecular flexibility index (Phi) is 6.70. The van der Waals surface area contributed by atoms with Crippen molar-refractivity contribution in [1.82, 2.24) is 4.98 Å². The van der Waals surface area contributed by atoms with E-state index >= 15 is 0 Å². The van der Waals surface area contributed by atoms with E-state index in [4.69, 9.17) is 0 Å². The molecule has 1 N–H and O–H groups in total. The average Bonchev–Trinajstić information content (AvgIpc) is 2.24. The van der Waals surface area contributed by atoms with Gasteiger partial charge in [0.15, 0.2) is 0 Å². The van der Waals surface area contributed by atoms with Crippen LogP contribution in [0.1, 0.15) is 25.1 Å². The minimum atomic E-state index is 1.16. The molecule has 1 heterocycles. The van der Waals surface area contributed by atoms with Crippen LogP contribution in [0.3, 0.4) is 0 Å². The highest BCUT2D eigenvalue weighted by molar-refractivity contribution is 5.07. The Labute approximate surface area is 81.1 Å². The average molecular weight is 177 g/mol. The van der Waals surface area contributed by atoms with Gasteiger partial charge in [0, 0.05) is 11.9 Å². The lowest BCUT2D eigenvalue weighted by Crippen LogP contribution is -1.71. The zero-order valence-corrected chi connectivity index (χ0v) is 8.96. The molecule has 1 heteroatoms. The summed E-state index contributed by atoms with van der Waals surface area (Å²) in [5.41, 5.74) is 2.38. The molecule has 0 amide bonds. The van der Waals surface area contributed by atoms with Gasteiger partial charge in [-0.1, -0.05) is 38.1 Å². The second kappa shape index (κ2) is 7.41. The van der Waals surface area contributed by atoms with E-state index in [1.54, 1.807) is 0 Å². The molecule has 0 aliphatic rings. The normalized spacial score (nSPS) is 8.00. The third-order valence-corrected chi connectivity index (χ3v) is 1.46. The largest absolute Gasteiger partial charge is 0.365 e. The number of aromatic amines is 1. The predicted molar refractivity (Wildman–Crippen MR) is 59.2 cm³/mol. The number of aryl methyl sites for hydroxylation is 2. The number of aromatic nitrogens is 1. The molecule has 0 aliphatic heterocycles. The highest BCUT2D eigenvalue weighted by Crippen LogP contribution is 1.91. The molecule has 0 spiro atoms. The van der Waals surface area contributed by atoms with Gasteiger partial charge in [-0.3, -0.25) is 0 Å². The molecule has 0 bridgehead atoms. The summed E-state index contributed by atoms with van der Waals surface area (Å²) in [6.45, 7) is 8.11. The lowest BCUT2D eigenvalue weighted by atomic mass is 10.3. The molecule has 72 valence electrons. The van der Waals surface area contributed by atoms with Crippen molar-refractivity contribution in [2.24, 2.45) is 0 Å². The number of hydrogen-bond acceptors (Lipinski definition) is 0. The molecular formula is C12H19N. The van der Waals surface area contributed by atoms with Crippen LogP contribution in [-0.2, 0) is 0 Å². The highest BCUT2D eigenvalue weighted by atomic mass is 14.6. The molecule has 0 fully saturated rings. The summed E-state index contributed by atoms with van der Waals surface area (Å²) in [5, 5.41) is 0. The van der Waals surface area contributed by atoms with Gasteiger partial charge in [0.2, 0.25) is 0 Å². The van der Waals surface area contributed by atoms with Crippen molar-refractivity contribution >= 4 is 0 Å².